The van der Waals surface area contributed by atoms with Crippen LogP contribution in [-0.2, 0) is 6.54 Å². The molecule has 23 heavy (non-hydrogen) atoms. The molecule has 1 aliphatic carbocycles. The molecule has 0 aliphatic heterocycles. The Bertz CT molecular complexity index is 557. The third-order valence-corrected chi connectivity index (χ3v) is 4.27. The van der Waals surface area contributed by atoms with Crippen molar-refractivity contribution < 1.29 is 18.0 Å². The number of amides is 2. The molecule has 0 aromatic heterocycles. The van der Waals surface area contributed by atoms with E-state index in [1.54, 1.807) is 0 Å². The molecule has 128 valence electrons. The summed E-state index contributed by atoms with van der Waals surface area (Å²) in [5.74, 6) is -4.00. The van der Waals surface area contributed by atoms with Gasteiger partial charge in [0, 0.05) is 25.7 Å². The van der Waals surface area contributed by atoms with E-state index in [1.807, 2.05) is 14.1 Å². The fourth-order valence-corrected chi connectivity index (χ4v) is 2.89. The second kappa shape index (κ2) is 7.21. The highest BCUT2D eigenvalue weighted by Gasteiger charge is 2.27. The van der Waals surface area contributed by atoms with Crippen LogP contribution in [0.25, 0.3) is 0 Å². The summed E-state index contributed by atoms with van der Waals surface area (Å²) < 4.78 is 39.3. The lowest BCUT2D eigenvalue weighted by Crippen LogP contribution is -2.42. The minimum atomic E-state index is -1.50. The van der Waals surface area contributed by atoms with Crippen molar-refractivity contribution in [2.45, 2.75) is 37.9 Å². The number of carbonyl (C=O) groups excluding carboxylic acids is 1. The molecule has 0 bridgehead atoms. The van der Waals surface area contributed by atoms with E-state index in [0.29, 0.717) is 6.04 Å². The molecule has 7 heteroatoms. The zero-order valence-corrected chi connectivity index (χ0v) is 13.6. The minimum Gasteiger partial charge on any atom is -0.335 e. The van der Waals surface area contributed by atoms with Gasteiger partial charge in [0.2, 0.25) is 0 Å². The van der Waals surface area contributed by atoms with Gasteiger partial charge in [0.1, 0.15) is 0 Å². The quantitative estimate of drug-likeness (QED) is 0.862. The highest BCUT2D eigenvalue weighted by molar-refractivity contribution is 5.74. The van der Waals surface area contributed by atoms with Crippen LogP contribution in [0, 0.1) is 17.5 Å². The van der Waals surface area contributed by atoms with Gasteiger partial charge in [-0.25, -0.2) is 18.0 Å². The molecule has 2 atom stereocenters. The first-order valence-electron chi connectivity index (χ1n) is 7.59. The third kappa shape index (κ3) is 4.37. The zero-order valence-electron chi connectivity index (χ0n) is 13.6. The van der Waals surface area contributed by atoms with Crippen molar-refractivity contribution in [1.29, 1.82) is 0 Å². The molecule has 0 spiro atoms. The van der Waals surface area contributed by atoms with Crippen LogP contribution >= 0.6 is 0 Å². The molecule has 1 aliphatic rings. The Morgan fingerprint density at radius 2 is 1.78 bits per heavy atom. The topological polar surface area (TPSA) is 35.6 Å². The van der Waals surface area contributed by atoms with Gasteiger partial charge in [0.25, 0.3) is 0 Å². The van der Waals surface area contributed by atoms with Crippen LogP contribution in [0.4, 0.5) is 18.0 Å². The fraction of sp³-hybridized carbons (Fsp3) is 0.562. The maximum atomic E-state index is 13.2. The Morgan fingerprint density at radius 1 is 1.17 bits per heavy atom. The second-order valence-electron chi connectivity index (χ2n) is 6.31. The number of hydrogen-bond donors (Lipinski definition) is 1. The van der Waals surface area contributed by atoms with Crippen molar-refractivity contribution >= 4 is 6.03 Å². The normalized spacial score (nSPS) is 20.8. The Labute approximate surface area is 134 Å². The molecule has 0 heterocycles. The number of carbonyl (C=O) groups is 1. The largest absolute Gasteiger partial charge is 0.335 e. The van der Waals surface area contributed by atoms with E-state index in [0.717, 1.165) is 31.4 Å². The van der Waals surface area contributed by atoms with Gasteiger partial charge in [0.15, 0.2) is 17.5 Å². The van der Waals surface area contributed by atoms with Crippen molar-refractivity contribution in [3.8, 4) is 0 Å². The van der Waals surface area contributed by atoms with Gasteiger partial charge in [-0.1, -0.05) is 0 Å². The van der Waals surface area contributed by atoms with E-state index < -0.39 is 17.5 Å². The van der Waals surface area contributed by atoms with Crippen LogP contribution in [0.2, 0.25) is 0 Å². The van der Waals surface area contributed by atoms with Crippen molar-refractivity contribution in [3.63, 3.8) is 0 Å². The minimum absolute atomic E-state index is 0.00375. The molecule has 1 N–H and O–H groups in total. The molecular formula is C16H22F3N3O. The highest BCUT2D eigenvalue weighted by Crippen LogP contribution is 2.22. The molecule has 0 saturated heterocycles. The number of rotatable bonds is 4. The van der Waals surface area contributed by atoms with Crippen LogP contribution in [-0.4, -0.2) is 49.1 Å². The summed E-state index contributed by atoms with van der Waals surface area (Å²) in [6.45, 7) is 0.00375. The van der Waals surface area contributed by atoms with Gasteiger partial charge in [-0.05, 0) is 51.1 Å². The number of nitrogens with one attached hydrogen (secondary N) is 1. The van der Waals surface area contributed by atoms with Crippen LogP contribution < -0.4 is 5.32 Å². The first-order valence-corrected chi connectivity index (χ1v) is 7.59. The Hall–Kier alpha value is -1.76. The highest BCUT2D eigenvalue weighted by atomic mass is 19.2. The molecule has 1 saturated carbocycles. The van der Waals surface area contributed by atoms with Crippen molar-refractivity contribution in [1.82, 2.24) is 15.1 Å². The molecule has 0 radical (unpaired) electrons. The lowest BCUT2D eigenvalue weighted by Gasteiger charge is -2.22. The van der Waals surface area contributed by atoms with Gasteiger partial charge in [0.05, 0.1) is 0 Å². The summed E-state index contributed by atoms with van der Waals surface area (Å²) in [6.07, 6.45) is 2.81. The van der Waals surface area contributed by atoms with E-state index in [2.05, 4.69) is 10.2 Å². The zero-order chi connectivity index (χ0) is 17.1. The summed E-state index contributed by atoms with van der Waals surface area (Å²) in [5, 5.41) is 2.92. The van der Waals surface area contributed by atoms with Crippen molar-refractivity contribution in [3.05, 3.63) is 35.1 Å². The number of halogens is 3. The number of benzene rings is 1. The fourth-order valence-electron chi connectivity index (χ4n) is 2.89. The molecule has 2 rings (SSSR count). The molecule has 1 aromatic rings. The van der Waals surface area contributed by atoms with Crippen molar-refractivity contribution in [2.24, 2.45) is 0 Å². The van der Waals surface area contributed by atoms with Crippen LogP contribution in [0.1, 0.15) is 24.8 Å². The summed E-state index contributed by atoms with van der Waals surface area (Å²) in [7, 11) is 5.56. The Kier molecular flexibility index (Phi) is 5.51. The number of urea groups is 1. The van der Waals surface area contributed by atoms with Gasteiger partial charge >= 0.3 is 6.03 Å². The van der Waals surface area contributed by atoms with Gasteiger partial charge in [-0.15, -0.1) is 0 Å². The molecule has 1 fully saturated rings. The lowest BCUT2D eigenvalue weighted by molar-refractivity contribution is 0.201. The molecule has 2 amide bonds. The van der Waals surface area contributed by atoms with E-state index in [4.69, 9.17) is 0 Å². The average Bonchev–Trinajstić information content (AvgIpc) is 2.93. The summed E-state index contributed by atoms with van der Waals surface area (Å²) >= 11 is 0. The summed E-state index contributed by atoms with van der Waals surface area (Å²) in [4.78, 5) is 15.6. The average molecular weight is 329 g/mol. The molecule has 0 unspecified atom stereocenters. The molecule has 4 nitrogen and oxygen atoms in total. The monoisotopic (exact) mass is 329 g/mol. The van der Waals surface area contributed by atoms with Crippen LogP contribution in [0.15, 0.2) is 12.1 Å². The maximum absolute atomic E-state index is 13.2. The number of nitrogens with zero attached hydrogens (tertiary/aromatic N) is 2. The predicted octanol–water partition coefficient (Wildman–Crippen LogP) is 2.73. The van der Waals surface area contributed by atoms with E-state index in [9.17, 15) is 18.0 Å². The SMILES string of the molecule is CN(Cc1cc(F)c(F)c(F)c1)C(=O)N[C@H]1CC[C@H](N(C)C)C1. The predicted molar refractivity (Wildman–Crippen MR) is 81.4 cm³/mol. The number of hydrogen-bond acceptors (Lipinski definition) is 2. The smallest absolute Gasteiger partial charge is 0.317 e. The van der Waals surface area contributed by atoms with Gasteiger partial charge in [-0.3, -0.25) is 0 Å². The van der Waals surface area contributed by atoms with E-state index in [1.165, 1.54) is 11.9 Å². The van der Waals surface area contributed by atoms with Crippen LogP contribution in [0.3, 0.4) is 0 Å². The van der Waals surface area contributed by atoms with Crippen LogP contribution in [0.5, 0.6) is 0 Å². The summed E-state index contributed by atoms with van der Waals surface area (Å²) in [5.41, 5.74) is 0.205. The van der Waals surface area contributed by atoms with Crippen molar-refractivity contribution in [2.75, 3.05) is 21.1 Å². The molecule has 1 aromatic carbocycles. The summed E-state index contributed by atoms with van der Waals surface area (Å²) in [6, 6.07) is 2.05. The second-order valence-corrected chi connectivity index (χ2v) is 6.31. The lowest BCUT2D eigenvalue weighted by atomic mass is 10.2. The first kappa shape index (κ1) is 17.6. The van der Waals surface area contributed by atoms with Gasteiger partial charge < -0.3 is 15.1 Å². The standard InChI is InChI=1S/C16H22F3N3O/c1-21(2)12-5-4-11(8-12)20-16(23)22(3)9-10-6-13(17)15(19)14(18)7-10/h6-7,11-12H,4-5,8-9H2,1-3H3,(H,20,23)/t11-,12-/m0/s1. The van der Waals surface area contributed by atoms with E-state index in [-0.39, 0.29) is 24.2 Å². The first-order chi connectivity index (χ1) is 10.8. The molecular weight excluding hydrogens is 307 g/mol. The maximum Gasteiger partial charge on any atom is 0.317 e. The van der Waals surface area contributed by atoms with E-state index >= 15 is 0 Å². The van der Waals surface area contributed by atoms with Gasteiger partial charge in [-0.2, -0.15) is 0 Å². The Balaban J connectivity index is 1.91. The Morgan fingerprint density at radius 3 is 2.30 bits per heavy atom. The third-order valence-electron chi connectivity index (χ3n) is 4.27.